The Morgan fingerprint density at radius 3 is 2.00 bits per heavy atom. The molecule has 0 N–H and O–H groups in total. The first-order chi connectivity index (χ1) is 4.31. The second kappa shape index (κ2) is 3.63. The first-order valence-corrected chi connectivity index (χ1v) is 7.82. The molecule has 10 heavy (non-hydrogen) atoms. The molecule has 3 atom stereocenters. The fourth-order valence-electron chi connectivity index (χ4n) is 0.238. The molecule has 3 unspecified atom stereocenters. The monoisotopic (exact) mass is 200 g/mol. The van der Waals surface area contributed by atoms with E-state index >= 15 is 0 Å². The lowest BCUT2D eigenvalue weighted by atomic mass is 10.3. The summed E-state index contributed by atoms with van der Waals surface area (Å²) < 4.78 is 16.7. The fourth-order valence-corrected chi connectivity index (χ4v) is 3.95. The molecule has 0 aromatic carbocycles. The van der Waals surface area contributed by atoms with Crippen LogP contribution in [0.15, 0.2) is 0 Å². The van der Waals surface area contributed by atoms with Crippen LogP contribution in [0.25, 0.3) is 0 Å². The molecule has 0 aromatic heterocycles. The number of rotatable bonds is 2. The zero-order chi connectivity index (χ0) is 8.41. The SMILES string of the molecule is CC(C)(C)P(C)(=O)OPP. The van der Waals surface area contributed by atoms with Crippen LogP contribution < -0.4 is 0 Å². The molecule has 62 valence electrons. The van der Waals surface area contributed by atoms with Crippen molar-refractivity contribution >= 4 is 24.8 Å². The summed E-state index contributed by atoms with van der Waals surface area (Å²) in [5.74, 6) is 0. The molecule has 0 saturated heterocycles. The van der Waals surface area contributed by atoms with Crippen LogP contribution in [-0.2, 0) is 8.88 Å². The largest absolute Gasteiger partial charge is 0.304 e. The molecule has 0 aromatic rings. The van der Waals surface area contributed by atoms with Crippen LogP contribution >= 0.6 is 24.8 Å². The molecule has 0 saturated carbocycles. The van der Waals surface area contributed by atoms with Gasteiger partial charge in [0.25, 0.3) is 0 Å². The lowest BCUT2D eigenvalue weighted by Gasteiger charge is -2.26. The van der Waals surface area contributed by atoms with Crippen molar-refractivity contribution in [3.63, 3.8) is 0 Å². The highest BCUT2D eigenvalue weighted by Gasteiger charge is 2.32. The third kappa shape index (κ3) is 2.97. The van der Waals surface area contributed by atoms with E-state index in [0.29, 0.717) is 0 Å². The maximum atomic E-state index is 11.6. The molecule has 0 amide bonds. The first-order valence-electron chi connectivity index (χ1n) is 3.03. The molecule has 5 heteroatoms. The lowest BCUT2D eigenvalue weighted by molar-refractivity contribution is 0.482. The van der Waals surface area contributed by atoms with Gasteiger partial charge in [-0.2, -0.15) is 0 Å². The van der Waals surface area contributed by atoms with Crippen molar-refractivity contribution < 1.29 is 8.88 Å². The molecule has 0 heterocycles. The molecule has 0 fully saturated rings. The summed E-state index contributed by atoms with van der Waals surface area (Å²) in [6.45, 7) is 7.47. The summed E-state index contributed by atoms with van der Waals surface area (Å²) in [5, 5.41) is -0.226. The van der Waals surface area contributed by atoms with Crippen LogP contribution in [0.3, 0.4) is 0 Å². The molecule has 2 nitrogen and oxygen atoms in total. The molecule has 0 radical (unpaired) electrons. The van der Waals surface area contributed by atoms with Gasteiger partial charge < -0.3 is 4.31 Å². The van der Waals surface area contributed by atoms with E-state index in [-0.39, 0.29) is 13.7 Å². The molecule has 0 bridgehead atoms. The Morgan fingerprint density at radius 1 is 1.50 bits per heavy atom. The minimum Gasteiger partial charge on any atom is -0.304 e. The van der Waals surface area contributed by atoms with Crippen molar-refractivity contribution in [3.05, 3.63) is 0 Å². The molecule has 0 rings (SSSR count). The van der Waals surface area contributed by atoms with Gasteiger partial charge in [-0.15, -0.1) is 0 Å². The summed E-state index contributed by atoms with van der Waals surface area (Å²) >= 11 is 0. The summed E-state index contributed by atoms with van der Waals surface area (Å²) in [6, 6.07) is 0. The third-order valence-electron chi connectivity index (χ3n) is 1.45. The predicted molar refractivity (Wildman–Crippen MR) is 52.4 cm³/mol. The van der Waals surface area contributed by atoms with Gasteiger partial charge in [0, 0.05) is 20.3 Å². The van der Waals surface area contributed by atoms with E-state index in [0.717, 1.165) is 0 Å². The Kier molecular flexibility index (Phi) is 4.02. The summed E-state index contributed by atoms with van der Waals surface area (Å²) in [7, 11) is 0.285. The Balaban J connectivity index is 4.26. The van der Waals surface area contributed by atoms with Crippen molar-refractivity contribution in [2.75, 3.05) is 6.66 Å². The Bertz CT molecular complexity index is 149. The van der Waals surface area contributed by atoms with Crippen LogP contribution in [0.5, 0.6) is 0 Å². The van der Waals surface area contributed by atoms with E-state index in [1.165, 1.54) is 0 Å². The van der Waals surface area contributed by atoms with E-state index in [2.05, 4.69) is 8.93 Å². The Morgan fingerprint density at radius 2 is 1.90 bits per heavy atom. The van der Waals surface area contributed by atoms with Gasteiger partial charge in [0.05, 0.1) is 0 Å². The fraction of sp³-hybridized carbons (Fsp3) is 1.00. The number of hydrogen-bond donors (Lipinski definition) is 0. The van der Waals surface area contributed by atoms with Gasteiger partial charge in [-0.05, 0) is 0 Å². The van der Waals surface area contributed by atoms with Crippen molar-refractivity contribution in [2.24, 2.45) is 0 Å². The Labute approximate surface area is 66.9 Å². The third-order valence-corrected chi connectivity index (χ3v) is 6.65. The van der Waals surface area contributed by atoms with Gasteiger partial charge in [-0.25, -0.2) is 0 Å². The topological polar surface area (TPSA) is 26.3 Å². The second-order valence-electron chi connectivity index (χ2n) is 3.23. The van der Waals surface area contributed by atoms with Gasteiger partial charge in [0.1, 0.15) is 0 Å². The minimum atomic E-state index is -2.38. The minimum absolute atomic E-state index is 0.226. The first kappa shape index (κ1) is 11.1. The standard InChI is InChI=1S/C5H15O2P3/c1-5(2,3)10(4,6)7-9-8/h9H,8H2,1-4H3. The molecule has 0 aliphatic rings. The molecule has 0 aliphatic heterocycles. The van der Waals surface area contributed by atoms with Crippen LogP contribution in [0.2, 0.25) is 0 Å². The summed E-state index contributed by atoms with van der Waals surface area (Å²) in [5.41, 5.74) is 0. The highest BCUT2D eigenvalue weighted by atomic mass is 32.0. The van der Waals surface area contributed by atoms with Gasteiger partial charge >= 0.3 is 0 Å². The van der Waals surface area contributed by atoms with E-state index in [1.54, 1.807) is 6.66 Å². The Hall–Kier alpha value is 1.05. The van der Waals surface area contributed by atoms with Gasteiger partial charge in [-0.3, -0.25) is 4.57 Å². The van der Waals surface area contributed by atoms with Crippen molar-refractivity contribution in [2.45, 2.75) is 25.9 Å². The molecular formula is C5H15O2P3. The highest BCUT2D eigenvalue weighted by molar-refractivity contribution is 8.02. The van der Waals surface area contributed by atoms with E-state index in [1.807, 2.05) is 20.8 Å². The van der Waals surface area contributed by atoms with E-state index in [9.17, 15) is 4.57 Å². The van der Waals surface area contributed by atoms with Gasteiger partial charge in [0.2, 0.25) is 7.37 Å². The maximum Gasteiger partial charge on any atom is 0.208 e. The van der Waals surface area contributed by atoms with E-state index < -0.39 is 7.37 Å². The van der Waals surface area contributed by atoms with Crippen LogP contribution in [0, 0.1) is 0 Å². The van der Waals surface area contributed by atoms with Crippen molar-refractivity contribution in [1.29, 1.82) is 0 Å². The zero-order valence-corrected chi connectivity index (χ0v) is 9.89. The smallest absolute Gasteiger partial charge is 0.208 e. The van der Waals surface area contributed by atoms with Crippen LogP contribution in [0.1, 0.15) is 20.8 Å². The van der Waals surface area contributed by atoms with Crippen LogP contribution in [-0.4, -0.2) is 11.8 Å². The van der Waals surface area contributed by atoms with Crippen LogP contribution in [0.4, 0.5) is 0 Å². The molecular weight excluding hydrogens is 185 g/mol. The zero-order valence-electron chi connectivity index (χ0n) is 6.84. The van der Waals surface area contributed by atoms with Gasteiger partial charge in [0.15, 0.2) is 0 Å². The summed E-state index contributed by atoms with van der Waals surface area (Å²) in [6.07, 6.45) is 0. The van der Waals surface area contributed by atoms with E-state index in [4.69, 9.17) is 4.31 Å². The lowest BCUT2D eigenvalue weighted by Crippen LogP contribution is -2.13. The highest BCUT2D eigenvalue weighted by Crippen LogP contribution is 2.60. The van der Waals surface area contributed by atoms with Gasteiger partial charge in [-0.1, -0.05) is 29.7 Å². The molecule has 0 spiro atoms. The average molecular weight is 200 g/mol. The molecule has 0 aliphatic carbocycles. The normalized spacial score (nSPS) is 19.7. The predicted octanol–water partition coefficient (Wildman–Crippen LogP) is 3.09. The quantitative estimate of drug-likeness (QED) is 0.640. The maximum absolute atomic E-state index is 11.6. The van der Waals surface area contributed by atoms with Crippen molar-refractivity contribution in [1.82, 2.24) is 0 Å². The number of hydrogen-bond acceptors (Lipinski definition) is 2. The average Bonchev–Trinajstić information content (AvgIpc) is 1.61. The second-order valence-corrected chi connectivity index (χ2v) is 7.93. The summed E-state index contributed by atoms with van der Waals surface area (Å²) in [4.78, 5) is 0. The van der Waals surface area contributed by atoms with Crippen molar-refractivity contribution in [3.8, 4) is 0 Å².